The van der Waals surface area contributed by atoms with Gasteiger partial charge in [-0.15, -0.1) is 0 Å². The van der Waals surface area contributed by atoms with E-state index in [9.17, 15) is 14.0 Å². The zero-order valence-corrected chi connectivity index (χ0v) is 12.2. The fourth-order valence-electron chi connectivity index (χ4n) is 2.17. The van der Waals surface area contributed by atoms with E-state index in [0.717, 1.165) is 17.2 Å². The molecule has 5 heteroatoms. The van der Waals surface area contributed by atoms with E-state index in [-0.39, 0.29) is 12.0 Å². The molecule has 0 saturated heterocycles. The monoisotopic (exact) mass is 300 g/mol. The highest BCUT2D eigenvalue weighted by Gasteiger charge is 2.19. The van der Waals surface area contributed by atoms with Gasteiger partial charge in [-0.3, -0.25) is 9.59 Å². The predicted molar refractivity (Wildman–Crippen MR) is 81.7 cm³/mol. The van der Waals surface area contributed by atoms with Gasteiger partial charge in [0.15, 0.2) is 0 Å². The first-order chi connectivity index (χ1) is 10.5. The van der Waals surface area contributed by atoms with Gasteiger partial charge >= 0.3 is 0 Å². The van der Waals surface area contributed by atoms with Gasteiger partial charge in [-0.2, -0.15) is 0 Å². The molecule has 0 unspecified atom stereocenters. The molecule has 1 atom stereocenters. The van der Waals surface area contributed by atoms with Crippen LogP contribution in [0.1, 0.15) is 21.5 Å². The normalized spacial score (nSPS) is 11.7. The maximum atomic E-state index is 13.1. The van der Waals surface area contributed by atoms with Crippen molar-refractivity contribution in [1.29, 1.82) is 0 Å². The summed E-state index contributed by atoms with van der Waals surface area (Å²) in [6.07, 6.45) is 0.290. The molecule has 114 valence electrons. The van der Waals surface area contributed by atoms with E-state index in [0.29, 0.717) is 0 Å². The molecule has 3 N–H and O–H groups in total. The molecule has 0 aliphatic heterocycles. The summed E-state index contributed by atoms with van der Waals surface area (Å²) in [6, 6.07) is 12.0. The minimum atomic E-state index is -0.849. The minimum absolute atomic E-state index is 0.149. The lowest BCUT2D eigenvalue weighted by atomic mass is 10.0. The quantitative estimate of drug-likeness (QED) is 0.886. The molecule has 0 heterocycles. The second kappa shape index (κ2) is 6.85. The second-order valence-electron chi connectivity index (χ2n) is 5.13. The average molecular weight is 300 g/mol. The first kappa shape index (κ1) is 15.7. The zero-order valence-electron chi connectivity index (χ0n) is 12.2. The number of hydrogen-bond acceptors (Lipinski definition) is 2. The number of amides is 2. The first-order valence-corrected chi connectivity index (χ1v) is 6.87. The van der Waals surface area contributed by atoms with Crippen LogP contribution in [0.15, 0.2) is 48.5 Å². The Balaban J connectivity index is 2.12. The number of nitrogens with one attached hydrogen (secondary N) is 1. The molecule has 0 aliphatic carbocycles. The van der Waals surface area contributed by atoms with Crippen molar-refractivity contribution in [3.63, 3.8) is 0 Å². The van der Waals surface area contributed by atoms with E-state index < -0.39 is 23.7 Å². The van der Waals surface area contributed by atoms with Gasteiger partial charge in [0.1, 0.15) is 11.9 Å². The summed E-state index contributed by atoms with van der Waals surface area (Å²) >= 11 is 0. The molecule has 22 heavy (non-hydrogen) atoms. The molecular weight excluding hydrogens is 283 g/mol. The van der Waals surface area contributed by atoms with Gasteiger partial charge in [-0.05, 0) is 30.7 Å². The van der Waals surface area contributed by atoms with Crippen LogP contribution in [0.25, 0.3) is 0 Å². The Bertz CT molecular complexity index is 701. The van der Waals surface area contributed by atoms with Crippen LogP contribution in [0.2, 0.25) is 0 Å². The smallest absolute Gasteiger partial charge is 0.252 e. The Kier molecular flexibility index (Phi) is 4.88. The number of aryl methyl sites for hydroxylation is 1. The lowest BCUT2D eigenvalue weighted by molar-refractivity contribution is -0.119. The standard InChI is InChI=1S/C17H17FN2O2/c1-11-4-2-5-12(8-11)9-15(16(19)21)20-17(22)13-6-3-7-14(18)10-13/h2-8,10,15H,9H2,1H3,(H2,19,21)(H,20,22)/t15-/m1/s1. The van der Waals surface area contributed by atoms with Gasteiger partial charge in [0, 0.05) is 12.0 Å². The highest BCUT2D eigenvalue weighted by Crippen LogP contribution is 2.08. The average Bonchev–Trinajstić information content (AvgIpc) is 2.46. The summed E-state index contributed by atoms with van der Waals surface area (Å²) in [5.74, 6) is -1.68. The Morgan fingerprint density at radius 3 is 2.55 bits per heavy atom. The molecular formula is C17H17FN2O2. The Labute approximate surface area is 128 Å². The van der Waals surface area contributed by atoms with Crippen LogP contribution in [0, 0.1) is 12.7 Å². The number of hydrogen-bond donors (Lipinski definition) is 2. The van der Waals surface area contributed by atoms with Crippen LogP contribution in [0.4, 0.5) is 4.39 Å². The van der Waals surface area contributed by atoms with Gasteiger partial charge in [0.25, 0.3) is 5.91 Å². The number of benzene rings is 2. The van der Waals surface area contributed by atoms with Crippen molar-refractivity contribution in [1.82, 2.24) is 5.32 Å². The summed E-state index contributed by atoms with van der Waals surface area (Å²) in [4.78, 5) is 23.6. The number of carbonyl (C=O) groups is 2. The number of carbonyl (C=O) groups excluding carboxylic acids is 2. The van der Waals surface area contributed by atoms with Crippen LogP contribution in [0.5, 0.6) is 0 Å². The molecule has 2 amide bonds. The van der Waals surface area contributed by atoms with E-state index in [1.807, 2.05) is 31.2 Å². The largest absolute Gasteiger partial charge is 0.368 e. The summed E-state index contributed by atoms with van der Waals surface area (Å²) in [5.41, 5.74) is 7.44. The lowest BCUT2D eigenvalue weighted by Crippen LogP contribution is -2.45. The number of primary amides is 1. The van der Waals surface area contributed by atoms with Crippen LogP contribution in [-0.2, 0) is 11.2 Å². The van der Waals surface area contributed by atoms with Gasteiger partial charge in [0.2, 0.25) is 5.91 Å². The van der Waals surface area contributed by atoms with Crippen LogP contribution in [0.3, 0.4) is 0 Å². The Morgan fingerprint density at radius 1 is 1.18 bits per heavy atom. The molecule has 0 fully saturated rings. The summed E-state index contributed by atoms with van der Waals surface area (Å²) in [7, 11) is 0. The first-order valence-electron chi connectivity index (χ1n) is 6.87. The SMILES string of the molecule is Cc1cccc(C[C@@H](NC(=O)c2cccc(F)c2)C(N)=O)c1. The van der Waals surface area contributed by atoms with Crippen molar-refractivity contribution >= 4 is 11.8 Å². The van der Waals surface area contributed by atoms with Crippen molar-refractivity contribution in [2.45, 2.75) is 19.4 Å². The summed E-state index contributed by atoms with van der Waals surface area (Å²) in [6.45, 7) is 1.94. The number of rotatable bonds is 5. The van der Waals surface area contributed by atoms with Crippen molar-refractivity contribution in [3.05, 3.63) is 71.0 Å². The summed E-state index contributed by atoms with van der Waals surface area (Å²) < 4.78 is 13.1. The molecule has 0 radical (unpaired) electrons. The van der Waals surface area contributed by atoms with E-state index in [2.05, 4.69) is 5.32 Å². The molecule has 2 aromatic carbocycles. The molecule has 0 saturated carbocycles. The van der Waals surface area contributed by atoms with Crippen molar-refractivity contribution < 1.29 is 14.0 Å². The minimum Gasteiger partial charge on any atom is -0.368 e. The fraction of sp³-hybridized carbons (Fsp3) is 0.176. The molecule has 2 rings (SSSR count). The van der Waals surface area contributed by atoms with Gasteiger partial charge in [-0.1, -0.05) is 35.9 Å². The highest BCUT2D eigenvalue weighted by molar-refractivity contribution is 5.97. The van der Waals surface area contributed by atoms with Crippen LogP contribution >= 0.6 is 0 Å². The van der Waals surface area contributed by atoms with Crippen LogP contribution < -0.4 is 11.1 Å². The third kappa shape index (κ3) is 4.15. The van der Waals surface area contributed by atoms with Crippen LogP contribution in [-0.4, -0.2) is 17.9 Å². The number of halogens is 1. The topological polar surface area (TPSA) is 72.2 Å². The van der Waals surface area contributed by atoms with Crippen molar-refractivity contribution in [3.8, 4) is 0 Å². The van der Waals surface area contributed by atoms with E-state index >= 15 is 0 Å². The number of nitrogens with two attached hydrogens (primary N) is 1. The third-order valence-electron chi connectivity index (χ3n) is 3.26. The highest BCUT2D eigenvalue weighted by atomic mass is 19.1. The van der Waals surface area contributed by atoms with Gasteiger partial charge < -0.3 is 11.1 Å². The van der Waals surface area contributed by atoms with E-state index in [1.54, 1.807) is 0 Å². The fourth-order valence-corrected chi connectivity index (χ4v) is 2.17. The third-order valence-corrected chi connectivity index (χ3v) is 3.26. The van der Waals surface area contributed by atoms with Crippen molar-refractivity contribution in [2.75, 3.05) is 0 Å². The maximum Gasteiger partial charge on any atom is 0.252 e. The zero-order chi connectivity index (χ0) is 16.1. The van der Waals surface area contributed by atoms with E-state index in [1.165, 1.54) is 18.2 Å². The molecule has 0 aromatic heterocycles. The van der Waals surface area contributed by atoms with Gasteiger partial charge in [-0.25, -0.2) is 4.39 Å². The van der Waals surface area contributed by atoms with Gasteiger partial charge in [0.05, 0.1) is 0 Å². The molecule has 0 spiro atoms. The summed E-state index contributed by atoms with van der Waals surface area (Å²) in [5, 5.41) is 2.55. The maximum absolute atomic E-state index is 13.1. The molecule has 0 bridgehead atoms. The second-order valence-corrected chi connectivity index (χ2v) is 5.13. The molecule has 4 nitrogen and oxygen atoms in total. The van der Waals surface area contributed by atoms with Crippen molar-refractivity contribution in [2.24, 2.45) is 5.73 Å². The van der Waals surface area contributed by atoms with E-state index in [4.69, 9.17) is 5.73 Å². The molecule has 0 aliphatic rings. The Hall–Kier alpha value is -2.69. The Morgan fingerprint density at radius 2 is 1.91 bits per heavy atom. The lowest BCUT2D eigenvalue weighted by Gasteiger charge is -2.16. The molecule has 2 aromatic rings. The predicted octanol–water partition coefficient (Wildman–Crippen LogP) is 1.96.